The average Bonchev–Trinajstić information content (AvgIpc) is 2.43. The molecule has 2 heterocycles. The molecule has 0 bridgehead atoms. The molecule has 4 nitrogen and oxygen atoms in total. The highest BCUT2D eigenvalue weighted by molar-refractivity contribution is 5.87. The summed E-state index contributed by atoms with van der Waals surface area (Å²) in [5.74, 6) is -0.919. The Balaban J connectivity index is 2.76. The normalized spacial score (nSPS) is 10.7. The molecule has 0 fully saturated rings. The van der Waals surface area contributed by atoms with Gasteiger partial charge in [0.1, 0.15) is 5.65 Å². The van der Waals surface area contributed by atoms with Gasteiger partial charge in [0.2, 0.25) is 0 Å². The van der Waals surface area contributed by atoms with Gasteiger partial charge in [-0.3, -0.25) is 0 Å². The van der Waals surface area contributed by atoms with Crippen LogP contribution in [0.25, 0.3) is 5.65 Å². The summed E-state index contributed by atoms with van der Waals surface area (Å²) in [4.78, 5) is 15.0. The first-order chi connectivity index (χ1) is 6.59. The summed E-state index contributed by atoms with van der Waals surface area (Å²) in [7, 11) is 0. The van der Waals surface area contributed by atoms with Crippen LogP contribution < -0.4 is 0 Å². The smallest absolute Gasteiger partial charge is 0.337 e. The molecule has 72 valence electrons. The number of hydrogen-bond acceptors (Lipinski definition) is 2. The highest BCUT2D eigenvalue weighted by atomic mass is 16.4. The largest absolute Gasteiger partial charge is 0.478 e. The minimum Gasteiger partial charge on any atom is -0.478 e. The Bertz CT molecular complexity index is 514. The van der Waals surface area contributed by atoms with Gasteiger partial charge in [-0.05, 0) is 26.0 Å². The van der Waals surface area contributed by atoms with E-state index in [1.54, 1.807) is 22.7 Å². The van der Waals surface area contributed by atoms with Crippen molar-refractivity contribution in [2.75, 3.05) is 0 Å². The van der Waals surface area contributed by atoms with Gasteiger partial charge in [-0.25, -0.2) is 9.78 Å². The predicted molar refractivity (Wildman–Crippen MR) is 51.6 cm³/mol. The number of hydrogen-bond donors (Lipinski definition) is 1. The molecule has 0 aliphatic rings. The van der Waals surface area contributed by atoms with Crippen molar-refractivity contribution in [1.29, 1.82) is 0 Å². The van der Waals surface area contributed by atoms with Crippen LogP contribution in [0.3, 0.4) is 0 Å². The van der Waals surface area contributed by atoms with Crippen molar-refractivity contribution in [2.24, 2.45) is 0 Å². The quantitative estimate of drug-likeness (QED) is 0.743. The summed E-state index contributed by atoms with van der Waals surface area (Å²) < 4.78 is 1.79. The highest BCUT2D eigenvalue weighted by Crippen LogP contribution is 2.12. The third kappa shape index (κ3) is 1.16. The number of imidazole rings is 1. The van der Waals surface area contributed by atoms with Gasteiger partial charge in [-0.1, -0.05) is 0 Å². The molecule has 0 aromatic carbocycles. The number of aromatic nitrogens is 2. The van der Waals surface area contributed by atoms with Gasteiger partial charge in [0, 0.05) is 11.9 Å². The van der Waals surface area contributed by atoms with Crippen molar-refractivity contribution in [3.63, 3.8) is 0 Å². The number of carboxylic acids is 1. The first-order valence-electron chi connectivity index (χ1n) is 4.28. The number of rotatable bonds is 1. The zero-order valence-electron chi connectivity index (χ0n) is 7.98. The van der Waals surface area contributed by atoms with Crippen molar-refractivity contribution in [1.82, 2.24) is 9.38 Å². The second-order valence-electron chi connectivity index (χ2n) is 3.23. The standard InChI is InChI=1S/C10H10N2O2/c1-6-7(2)12-5-8(10(13)14)3-4-9(12)11-6/h3-5H,1-2H3,(H,13,14). The van der Waals surface area contributed by atoms with Crippen molar-refractivity contribution in [2.45, 2.75) is 13.8 Å². The Morgan fingerprint density at radius 1 is 1.43 bits per heavy atom. The van der Waals surface area contributed by atoms with Gasteiger partial charge in [-0.2, -0.15) is 0 Å². The van der Waals surface area contributed by atoms with Crippen LogP contribution in [0, 0.1) is 13.8 Å². The van der Waals surface area contributed by atoms with Crippen molar-refractivity contribution >= 4 is 11.6 Å². The molecule has 4 heteroatoms. The van der Waals surface area contributed by atoms with E-state index in [4.69, 9.17) is 5.11 Å². The van der Waals surface area contributed by atoms with E-state index < -0.39 is 5.97 Å². The summed E-state index contributed by atoms with van der Waals surface area (Å²) in [5.41, 5.74) is 2.96. The molecule has 0 saturated carbocycles. The minimum atomic E-state index is -0.919. The van der Waals surface area contributed by atoms with Gasteiger partial charge in [-0.15, -0.1) is 0 Å². The first-order valence-corrected chi connectivity index (χ1v) is 4.28. The van der Waals surface area contributed by atoms with Crippen LogP contribution in [-0.2, 0) is 0 Å². The monoisotopic (exact) mass is 190 g/mol. The fraction of sp³-hybridized carbons (Fsp3) is 0.200. The van der Waals surface area contributed by atoms with Crippen LogP contribution in [0.4, 0.5) is 0 Å². The fourth-order valence-electron chi connectivity index (χ4n) is 1.41. The second kappa shape index (κ2) is 2.83. The molecule has 0 radical (unpaired) electrons. The average molecular weight is 190 g/mol. The fourth-order valence-corrected chi connectivity index (χ4v) is 1.41. The highest BCUT2D eigenvalue weighted by Gasteiger charge is 2.07. The minimum absolute atomic E-state index is 0.276. The van der Waals surface area contributed by atoms with E-state index >= 15 is 0 Å². The van der Waals surface area contributed by atoms with Crippen LogP contribution in [0.5, 0.6) is 0 Å². The van der Waals surface area contributed by atoms with Gasteiger partial charge >= 0.3 is 5.97 Å². The van der Waals surface area contributed by atoms with E-state index in [0.717, 1.165) is 17.0 Å². The Morgan fingerprint density at radius 3 is 2.79 bits per heavy atom. The molecular formula is C10H10N2O2. The molecule has 0 aliphatic heterocycles. The summed E-state index contributed by atoms with van der Waals surface area (Å²) in [6.07, 6.45) is 1.59. The molecule has 2 rings (SSSR count). The molecule has 0 saturated heterocycles. The lowest BCUT2D eigenvalue weighted by molar-refractivity contribution is 0.0696. The molecule has 0 aliphatic carbocycles. The number of aryl methyl sites for hydroxylation is 2. The lowest BCUT2D eigenvalue weighted by Gasteiger charge is -1.98. The van der Waals surface area contributed by atoms with E-state index in [1.165, 1.54) is 0 Å². The van der Waals surface area contributed by atoms with Crippen LogP contribution >= 0.6 is 0 Å². The van der Waals surface area contributed by atoms with E-state index in [2.05, 4.69) is 4.98 Å². The van der Waals surface area contributed by atoms with Gasteiger partial charge in [0.05, 0.1) is 11.3 Å². The van der Waals surface area contributed by atoms with E-state index in [-0.39, 0.29) is 5.56 Å². The van der Waals surface area contributed by atoms with Gasteiger partial charge < -0.3 is 9.51 Å². The first kappa shape index (κ1) is 8.74. The zero-order valence-corrected chi connectivity index (χ0v) is 7.98. The Kier molecular flexibility index (Phi) is 1.77. The number of fused-ring (bicyclic) bond motifs is 1. The number of carbonyl (C=O) groups is 1. The lowest BCUT2D eigenvalue weighted by Crippen LogP contribution is -1.99. The Morgan fingerprint density at radius 2 is 2.14 bits per heavy atom. The molecule has 0 atom stereocenters. The summed E-state index contributed by atoms with van der Waals surface area (Å²) in [5, 5.41) is 8.81. The molecule has 0 spiro atoms. The summed E-state index contributed by atoms with van der Waals surface area (Å²) >= 11 is 0. The SMILES string of the molecule is Cc1nc2ccc(C(=O)O)cn2c1C. The van der Waals surface area contributed by atoms with E-state index in [0.29, 0.717) is 0 Å². The topological polar surface area (TPSA) is 54.6 Å². The van der Waals surface area contributed by atoms with Crippen LogP contribution in [0.15, 0.2) is 18.3 Å². The van der Waals surface area contributed by atoms with Gasteiger partial charge in [0.15, 0.2) is 0 Å². The molecular weight excluding hydrogens is 180 g/mol. The van der Waals surface area contributed by atoms with Crippen molar-refractivity contribution < 1.29 is 9.90 Å². The number of carboxylic acid groups (broad SMARTS) is 1. The van der Waals surface area contributed by atoms with Crippen LogP contribution in [-0.4, -0.2) is 20.5 Å². The molecule has 1 N–H and O–H groups in total. The Labute approximate surface area is 80.8 Å². The maximum Gasteiger partial charge on any atom is 0.337 e. The second-order valence-corrected chi connectivity index (χ2v) is 3.23. The van der Waals surface area contributed by atoms with Crippen molar-refractivity contribution in [3.8, 4) is 0 Å². The van der Waals surface area contributed by atoms with Crippen molar-refractivity contribution in [3.05, 3.63) is 35.3 Å². The molecule has 0 amide bonds. The number of pyridine rings is 1. The molecule has 0 unspecified atom stereocenters. The number of aromatic carboxylic acids is 1. The lowest BCUT2D eigenvalue weighted by atomic mass is 10.3. The molecule has 14 heavy (non-hydrogen) atoms. The third-order valence-electron chi connectivity index (χ3n) is 2.34. The van der Waals surface area contributed by atoms with Crippen LogP contribution in [0.2, 0.25) is 0 Å². The maximum absolute atomic E-state index is 10.7. The maximum atomic E-state index is 10.7. The van der Waals surface area contributed by atoms with E-state index in [1.807, 2.05) is 13.8 Å². The Hall–Kier alpha value is -1.84. The summed E-state index contributed by atoms with van der Waals surface area (Å²) in [6.45, 7) is 3.82. The van der Waals surface area contributed by atoms with Gasteiger partial charge in [0.25, 0.3) is 0 Å². The molecule has 2 aromatic heterocycles. The predicted octanol–water partition coefficient (Wildman–Crippen LogP) is 1.65. The third-order valence-corrected chi connectivity index (χ3v) is 2.34. The zero-order chi connectivity index (χ0) is 10.3. The van der Waals surface area contributed by atoms with E-state index in [9.17, 15) is 4.79 Å². The summed E-state index contributed by atoms with van der Waals surface area (Å²) in [6, 6.07) is 3.27. The van der Waals surface area contributed by atoms with Crippen LogP contribution in [0.1, 0.15) is 21.7 Å². The number of nitrogens with zero attached hydrogens (tertiary/aromatic N) is 2. The molecule has 2 aromatic rings.